The van der Waals surface area contributed by atoms with E-state index >= 15 is 0 Å². The fourth-order valence-corrected chi connectivity index (χ4v) is 2.19. The Morgan fingerprint density at radius 1 is 1.54 bits per heavy atom. The van der Waals surface area contributed by atoms with Gasteiger partial charge in [-0.2, -0.15) is 8.78 Å². The molecule has 0 aliphatic heterocycles. The molecule has 13 heavy (non-hydrogen) atoms. The highest BCUT2D eigenvalue weighted by molar-refractivity contribution is 8.01. The molecular weight excluding hydrogens is 216 g/mol. The van der Waals surface area contributed by atoms with Gasteiger partial charge in [-0.05, 0) is 12.5 Å². The first kappa shape index (κ1) is 10.4. The van der Waals surface area contributed by atoms with Gasteiger partial charge < -0.3 is 5.73 Å². The molecule has 7 heteroatoms. The third-order valence-corrected chi connectivity index (χ3v) is 2.98. The van der Waals surface area contributed by atoms with Crippen LogP contribution >= 0.6 is 23.1 Å². The van der Waals surface area contributed by atoms with Gasteiger partial charge in [0, 0.05) is 5.75 Å². The van der Waals surface area contributed by atoms with Crippen molar-refractivity contribution in [3.63, 3.8) is 0 Å². The Morgan fingerprint density at radius 2 is 2.31 bits per heavy atom. The Labute approximate surface area is 82.0 Å². The van der Waals surface area contributed by atoms with Crippen LogP contribution in [0.3, 0.4) is 0 Å². The van der Waals surface area contributed by atoms with Crippen molar-refractivity contribution >= 4 is 28.2 Å². The molecule has 0 aliphatic rings. The molecule has 3 nitrogen and oxygen atoms in total. The topological polar surface area (TPSA) is 51.8 Å². The van der Waals surface area contributed by atoms with Gasteiger partial charge in [0.25, 0.3) is 6.08 Å². The fourth-order valence-electron chi connectivity index (χ4n) is 0.593. The van der Waals surface area contributed by atoms with E-state index in [9.17, 15) is 8.78 Å². The third-order valence-electron chi connectivity index (χ3n) is 1.06. The molecule has 0 saturated carbocycles. The van der Waals surface area contributed by atoms with Gasteiger partial charge in [0.2, 0.25) is 5.13 Å². The highest BCUT2D eigenvalue weighted by Gasteiger charge is 2.00. The average molecular weight is 223 g/mol. The van der Waals surface area contributed by atoms with E-state index in [-0.39, 0.29) is 0 Å². The van der Waals surface area contributed by atoms with Gasteiger partial charge in [-0.3, -0.25) is 0 Å². The second-order valence-corrected chi connectivity index (χ2v) is 4.39. The number of thioether (sulfide) groups is 1. The molecule has 0 radical (unpaired) electrons. The zero-order valence-corrected chi connectivity index (χ0v) is 8.17. The predicted octanol–water partition coefficient (Wildman–Crippen LogP) is 2.38. The van der Waals surface area contributed by atoms with E-state index in [1.807, 2.05) is 0 Å². The summed E-state index contributed by atoms with van der Waals surface area (Å²) in [5, 5.41) is 7.72. The molecule has 72 valence electrons. The maximum absolute atomic E-state index is 11.6. The summed E-state index contributed by atoms with van der Waals surface area (Å²) >= 11 is 2.63. The van der Waals surface area contributed by atoms with E-state index < -0.39 is 6.08 Å². The number of aromatic nitrogens is 2. The van der Waals surface area contributed by atoms with Crippen molar-refractivity contribution in [1.29, 1.82) is 0 Å². The van der Waals surface area contributed by atoms with Crippen LogP contribution in [0.15, 0.2) is 16.5 Å². The van der Waals surface area contributed by atoms with Gasteiger partial charge in [-0.25, -0.2) is 0 Å². The predicted molar refractivity (Wildman–Crippen MR) is 50.0 cm³/mol. The molecule has 0 fully saturated rings. The lowest BCUT2D eigenvalue weighted by atomic mass is 10.5. The molecule has 1 heterocycles. The second-order valence-electron chi connectivity index (χ2n) is 2.04. The standard InChI is InChI=1S/C6H7F2N3S2/c7-4(8)2-1-3-12-6-11-10-5(9)13-6/h2H,1,3H2,(H2,9,10). The molecule has 0 aromatic carbocycles. The number of nitrogens with two attached hydrogens (primary N) is 1. The van der Waals surface area contributed by atoms with Gasteiger partial charge in [0.05, 0.1) is 0 Å². The number of nitrogens with zero attached hydrogens (tertiary/aromatic N) is 2. The summed E-state index contributed by atoms with van der Waals surface area (Å²) in [7, 11) is 0. The molecule has 1 aromatic rings. The molecule has 0 amide bonds. The summed E-state index contributed by atoms with van der Waals surface area (Å²) in [5.41, 5.74) is 5.33. The van der Waals surface area contributed by atoms with Gasteiger partial charge >= 0.3 is 0 Å². The van der Waals surface area contributed by atoms with Crippen LogP contribution in [0.4, 0.5) is 13.9 Å². The normalized spacial score (nSPS) is 10.0. The van der Waals surface area contributed by atoms with Crippen molar-refractivity contribution in [2.45, 2.75) is 10.8 Å². The van der Waals surface area contributed by atoms with Crippen LogP contribution in [0.2, 0.25) is 0 Å². The summed E-state index contributed by atoms with van der Waals surface area (Å²) < 4.78 is 23.9. The third kappa shape index (κ3) is 4.18. The Morgan fingerprint density at radius 3 is 2.85 bits per heavy atom. The van der Waals surface area contributed by atoms with Crippen LogP contribution in [0.1, 0.15) is 6.42 Å². The maximum atomic E-state index is 11.6. The lowest BCUT2D eigenvalue weighted by Crippen LogP contribution is -1.80. The minimum absolute atomic E-state index is 0.326. The van der Waals surface area contributed by atoms with Crippen molar-refractivity contribution in [1.82, 2.24) is 10.2 Å². The zero-order chi connectivity index (χ0) is 9.68. The largest absolute Gasteiger partial charge is 0.374 e. The Balaban J connectivity index is 2.24. The molecule has 0 unspecified atom stereocenters. The Bertz CT molecular complexity index is 296. The van der Waals surface area contributed by atoms with Crippen LogP contribution < -0.4 is 5.73 Å². The number of hydrogen-bond acceptors (Lipinski definition) is 5. The molecule has 0 bridgehead atoms. The average Bonchev–Trinajstić information content (AvgIpc) is 2.45. The van der Waals surface area contributed by atoms with Crippen molar-refractivity contribution in [3.8, 4) is 0 Å². The van der Waals surface area contributed by atoms with Gasteiger partial charge in [0.15, 0.2) is 4.34 Å². The Kier molecular flexibility index (Phi) is 4.10. The number of halogens is 2. The highest BCUT2D eigenvalue weighted by Crippen LogP contribution is 2.24. The molecule has 1 aromatic heterocycles. The van der Waals surface area contributed by atoms with Crippen molar-refractivity contribution < 1.29 is 8.78 Å². The van der Waals surface area contributed by atoms with Gasteiger partial charge in [-0.15, -0.1) is 10.2 Å². The van der Waals surface area contributed by atoms with E-state index in [2.05, 4.69) is 10.2 Å². The van der Waals surface area contributed by atoms with Crippen LogP contribution in [0.5, 0.6) is 0 Å². The molecule has 2 N–H and O–H groups in total. The number of anilines is 1. The van der Waals surface area contributed by atoms with E-state index in [0.717, 1.165) is 6.08 Å². The monoisotopic (exact) mass is 223 g/mol. The lowest BCUT2D eigenvalue weighted by Gasteiger charge is -1.90. The van der Waals surface area contributed by atoms with Crippen molar-refractivity contribution in [3.05, 3.63) is 12.2 Å². The summed E-state index contributed by atoms with van der Waals surface area (Å²) in [6, 6.07) is 0. The smallest absolute Gasteiger partial charge is 0.266 e. The summed E-state index contributed by atoms with van der Waals surface area (Å²) in [5.74, 6) is 0.561. The molecule has 0 spiro atoms. The SMILES string of the molecule is Nc1nnc(SCCC=C(F)F)s1. The Hall–Kier alpha value is -0.690. The van der Waals surface area contributed by atoms with E-state index in [0.29, 0.717) is 21.6 Å². The first-order valence-corrected chi connectivity index (χ1v) is 5.21. The molecule has 0 saturated heterocycles. The molecule has 0 atom stereocenters. The van der Waals surface area contributed by atoms with E-state index in [1.54, 1.807) is 0 Å². The van der Waals surface area contributed by atoms with E-state index in [4.69, 9.17) is 5.73 Å². The molecular formula is C6H7F2N3S2. The summed E-state index contributed by atoms with van der Waals surface area (Å²) in [6.45, 7) is 0. The molecule has 0 aliphatic carbocycles. The lowest BCUT2D eigenvalue weighted by molar-refractivity contribution is 0.418. The maximum Gasteiger partial charge on any atom is 0.266 e. The van der Waals surface area contributed by atoms with Crippen LogP contribution in [-0.4, -0.2) is 16.0 Å². The summed E-state index contributed by atoms with van der Waals surface area (Å²) in [6.07, 6.45) is -0.429. The minimum Gasteiger partial charge on any atom is -0.374 e. The van der Waals surface area contributed by atoms with Crippen LogP contribution in [-0.2, 0) is 0 Å². The van der Waals surface area contributed by atoms with Crippen molar-refractivity contribution in [2.24, 2.45) is 0 Å². The fraction of sp³-hybridized carbons (Fsp3) is 0.333. The second kappa shape index (κ2) is 5.13. The summed E-state index contributed by atoms with van der Waals surface area (Å²) in [4.78, 5) is 0. The van der Waals surface area contributed by atoms with Crippen LogP contribution in [0.25, 0.3) is 0 Å². The number of allylic oxidation sites excluding steroid dienone is 1. The first-order chi connectivity index (χ1) is 6.18. The first-order valence-electron chi connectivity index (χ1n) is 3.41. The van der Waals surface area contributed by atoms with Gasteiger partial charge in [-0.1, -0.05) is 23.1 Å². The number of nitrogen functional groups attached to an aromatic ring is 1. The quantitative estimate of drug-likeness (QED) is 0.629. The van der Waals surface area contributed by atoms with Gasteiger partial charge in [0.1, 0.15) is 0 Å². The number of rotatable bonds is 4. The molecule has 1 rings (SSSR count). The number of hydrogen-bond donors (Lipinski definition) is 1. The van der Waals surface area contributed by atoms with Crippen LogP contribution in [0, 0.1) is 0 Å². The zero-order valence-electron chi connectivity index (χ0n) is 6.54. The minimum atomic E-state index is -1.64. The van der Waals surface area contributed by atoms with E-state index in [1.165, 1.54) is 23.1 Å². The van der Waals surface area contributed by atoms with Crippen molar-refractivity contribution in [2.75, 3.05) is 11.5 Å². The highest BCUT2D eigenvalue weighted by atomic mass is 32.2.